The Hall–Kier alpha value is -1.62. The van der Waals surface area contributed by atoms with Gasteiger partial charge >= 0.3 is 5.97 Å². The van der Waals surface area contributed by atoms with Crippen molar-refractivity contribution in [3.05, 3.63) is 29.6 Å². The highest BCUT2D eigenvalue weighted by Crippen LogP contribution is 2.18. The molecular weight excluding hydrogens is 213 g/mol. The van der Waals surface area contributed by atoms with E-state index in [1.807, 2.05) is 0 Å². The van der Waals surface area contributed by atoms with Gasteiger partial charge in [0.2, 0.25) is 0 Å². The molecule has 4 nitrogen and oxygen atoms in total. The highest BCUT2D eigenvalue weighted by molar-refractivity contribution is 5.94. The first-order valence-electron chi connectivity index (χ1n) is 5.03. The molecule has 0 aliphatic heterocycles. The lowest BCUT2D eigenvalue weighted by molar-refractivity contribution is 0.0693. The minimum atomic E-state index is -1.29. The molecule has 16 heavy (non-hydrogen) atoms. The van der Waals surface area contributed by atoms with E-state index in [1.165, 1.54) is 12.1 Å². The molecule has 1 aromatic rings. The van der Waals surface area contributed by atoms with E-state index in [0.29, 0.717) is 19.4 Å². The quantitative estimate of drug-likeness (QED) is 0.647. The highest BCUT2D eigenvalue weighted by Gasteiger charge is 2.14. The molecule has 0 unspecified atom stereocenters. The minimum Gasteiger partial charge on any atom is -0.478 e. The molecule has 0 spiro atoms. The number of anilines is 1. The third-order valence-corrected chi connectivity index (χ3v) is 2.13. The highest BCUT2D eigenvalue weighted by atomic mass is 19.1. The van der Waals surface area contributed by atoms with E-state index in [-0.39, 0.29) is 17.9 Å². The second-order valence-electron chi connectivity index (χ2n) is 3.33. The molecule has 3 N–H and O–H groups in total. The summed E-state index contributed by atoms with van der Waals surface area (Å²) in [5.41, 5.74) is -0.0723. The van der Waals surface area contributed by atoms with Crippen LogP contribution in [-0.4, -0.2) is 29.3 Å². The summed E-state index contributed by atoms with van der Waals surface area (Å²) in [6, 6.07) is 4.09. The normalized spacial score (nSPS) is 10.1. The molecular formula is C11H14FNO3. The van der Waals surface area contributed by atoms with Crippen LogP contribution in [0.2, 0.25) is 0 Å². The van der Waals surface area contributed by atoms with Crippen LogP contribution >= 0.6 is 0 Å². The largest absolute Gasteiger partial charge is 0.478 e. The number of halogens is 1. The number of carboxylic acids is 1. The van der Waals surface area contributed by atoms with Crippen LogP contribution in [0.25, 0.3) is 0 Å². The topological polar surface area (TPSA) is 69.6 Å². The number of aromatic carboxylic acids is 1. The van der Waals surface area contributed by atoms with E-state index in [9.17, 15) is 9.18 Å². The van der Waals surface area contributed by atoms with Crippen molar-refractivity contribution >= 4 is 11.7 Å². The van der Waals surface area contributed by atoms with Gasteiger partial charge in [0, 0.05) is 13.2 Å². The Bertz CT molecular complexity index is 368. The summed E-state index contributed by atoms with van der Waals surface area (Å²) in [5, 5.41) is 20.2. The second-order valence-corrected chi connectivity index (χ2v) is 3.33. The molecule has 0 radical (unpaired) electrons. The van der Waals surface area contributed by atoms with Crippen molar-refractivity contribution in [2.24, 2.45) is 0 Å². The summed E-state index contributed by atoms with van der Waals surface area (Å²) in [6.07, 6.45) is 1.33. The van der Waals surface area contributed by atoms with Crippen LogP contribution in [0.1, 0.15) is 23.2 Å². The Morgan fingerprint density at radius 3 is 2.75 bits per heavy atom. The second kappa shape index (κ2) is 6.07. The molecule has 0 saturated heterocycles. The molecule has 1 rings (SSSR count). The smallest absolute Gasteiger partial charge is 0.340 e. The zero-order chi connectivity index (χ0) is 12.0. The van der Waals surface area contributed by atoms with Gasteiger partial charge in [-0.2, -0.15) is 0 Å². The summed E-state index contributed by atoms with van der Waals surface area (Å²) >= 11 is 0. The Morgan fingerprint density at radius 1 is 1.38 bits per heavy atom. The summed E-state index contributed by atoms with van der Waals surface area (Å²) < 4.78 is 13.2. The van der Waals surface area contributed by atoms with Gasteiger partial charge < -0.3 is 15.5 Å². The van der Waals surface area contributed by atoms with Crippen molar-refractivity contribution in [2.75, 3.05) is 18.5 Å². The van der Waals surface area contributed by atoms with E-state index in [4.69, 9.17) is 10.2 Å². The van der Waals surface area contributed by atoms with Crippen LogP contribution in [-0.2, 0) is 0 Å². The lowest BCUT2D eigenvalue weighted by atomic mass is 10.1. The number of carbonyl (C=O) groups is 1. The monoisotopic (exact) mass is 227 g/mol. The van der Waals surface area contributed by atoms with Crippen molar-refractivity contribution in [1.29, 1.82) is 0 Å². The van der Waals surface area contributed by atoms with Crippen LogP contribution < -0.4 is 5.32 Å². The van der Waals surface area contributed by atoms with E-state index < -0.39 is 11.8 Å². The van der Waals surface area contributed by atoms with Crippen LogP contribution in [0, 0.1) is 5.82 Å². The number of unbranched alkanes of at least 4 members (excludes halogenated alkanes) is 1. The van der Waals surface area contributed by atoms with Crippen LogP contribution in [0.4, 0.5) is 10.1 Å². The van der Waals surface area contributed by atoms with Crippen molar-refractivity contribution in [2.45, 2.75) is 12.8 Å². The van der Waals surface area contributed by atoms with Crippen LogP contribution in [0.3, 0.4) is 0 Å². The van der Waals surface area contributed by atoms with Gasteiger partial charge in [-0.25, -0.2) is 9.18 Å². The van der Waals surface area contributed by atoms with Crippen molar-refractivity contribution in [1.82, 2.24) is 0 Å². The van der Waals surface area contributed by atoms with Gasteiger partial charge in [-0.05, 0) is 25.0 Å². The number of hydrogen-bond donors (Lipinski definition) is 3. The molecule has 0 aliphatic rings. The van der Waals surface area contributed by atoms with Gasteiger partial charge in [0.05, 0.1) is 5.69 Å². The summed E-state index contributed by atoms with van der Waals surface area (Å²) in [4.78, 5) is 10.8. The molecule has 1 aromatic carbocycles. The Kier molecular flexibility index (Phi) is 4.72. The first kappa shape index (κ1) is 12.4. The maximum absolute atomic E-state index is 13.2. The molecule has 0 heterocycles. The molecule has 88 valence electrons. The number of aliphatic hydroxyl groups is 1. The third kappa shape index (κ3) is 3.20. The molecule has 5 heteroatoms. The predicted octanol–water partition coefficient (Wildman–Crippen LogP) is 1.71. The summed E-state index contributed by atoms with van der Waals surface area (Å²) in [5.74, 6) is -2.04. The third-order valence-electron chi connectivity index (χ3n) is 2.13. The van der Waals surface area contributed by atoms with Crippen LogP contribution in [0.5, 0.6) is 0 Å². The molecule has 0 bridgehead atoms. The fraction of sp³-hybridized carbons (Fsp3) is 0.364. The first-order valence-corrected chi connectivity index (χ1v) is 5.03. The zero-order valence-electron chi connectivity index (χ0n) is 8.74. The van der Waals surface area contributed by atoms with E-state index in [0.717, 1.165) is 6.07 Å². The van der Waals surface area contributed by atoms with E-state index >= 15 is 0 Å². The number of nitrogens with one attached hydrogen (secondary N) is 1. The Labute approximate surface area is 92.7 Å². The average molecular weight is 227 g/mol. The maximum atomic E-state index is 13.2. The van der Waals surface area contributed by atoms with E-state index in [2.05, 4.69) is 5.32 Å². The number of hydrogen-bond acceptors (Lipinski definition) is 3. The Morgan fingerprint density at radius 2 is 2.12 bits per heavy atom. The van der Waals surface area contributed by atoms with Crippen LogP contribution in [0.15, 0.2) is 18.2 Å². The Balaban J connectivity index is 2.71. The zero-order valence-corrected chi connectivity index (χ0v) is 8.74. The first-order chi connectivity index (χ1) is 7.66. The lowest BCUT2D eigenvalue weighted by Crippen LogP contribution is -2.10. The number of benzene rings is 1. The minimum absolute atomic E-state index is 0.0939. The van der Waals surface area contributed by atoms with Crippen molar-refractivity contribution in [3.8, 4) is 0 Å². The van der Waals surface area contributed by atoms with Gasteiger partial charge in [-0.15, -0.1) is 0 Å². The van der Waals surface area contributed by atoms with Gasteiger partial charge in [-0.1, -0.05) is 6.07 Å². The number of aliphatic hydroxyl groups excluding tert-OH is 1. The van der Waals surface area contributed by atoms with Gasteiger partial charge in [0.1, 0.15) is 11.4 Å². The van der Waals surface area contributed by atoms with E-state index in [1.54, 1.807) is 0 Å². The summed E-state index contributed by atoms with van der Waals surface area (Å²) in [6.45, 7) is 0.598. The molecule has 0 aromatic heterocycles. The lowest BCUT2D eigenvalue weighted by Gasteiger charge is -2.09. The molecule has 0 atom stereocenters. The van der Waals surface area contributed by atoms with Gasteiger partial charge in [-0.3, -0.25) is 0 Å². The van der Waals surface area contributed by atoms with Gasteiger partial charge in [0.25, 0.3) is 0 Å². The predicted molar refractivity (Wildman–Crippen MR) is 58.2 cm³/mol. The molecule has 0 saturated carbocycles. The standard InChI is InChI=1S/C11H14FNO3/c12-8-4-3-5-9(10(8)11(15)16)13-6-1-2-7-14/h3-5,13-14H,1-2,6-7H2,(H,15,16). The van der Waals surface area contributed by atoms with Gasteiger partial charge in [0.15, 0.2) is 0 Å². The van der Waals surface area contributed by atoms with Crippen molar-refractivity contribution in [3.63, 3.8) is 0 Å². The molecule has 0 aliphatic carbocycles. The fourth-order valence-electron chi connectivity index (χ4n) is 1.35. The van der Waals surface area contributed by atoms with Crippen molar-refractivity contribution < 1.29 is 19.4 Å². The maximum Gasteiger partial charge on any atom is 0.340 e. The molecule has 0 amide bonds. The average Bonchev–Trinajstić information content (AvgIpc) is 2.24. The fourth-order valence-corrected chi connectivity index (χ4v) is 1.35. The SMILES string of the molecule is O=C(O)c1c(F)cccc1NCCCCO. The number of carboxylic acid groups (broad SMARTS) is 1. The summed E-state index contributed by atoms with van der Waals surface area (Å²) in [7, 11) is 0. The molecule has 0 fully saturated rings. The number of rotatable bonds is 6.